The van der Waals surface area contributed by atoms with E-state index in [1.807, 2.05) is 13.8 Å². The molecule has 2 saturated heterocycles. The highest BCUT2D eigenvalue weighted by Gasteiger charge is 2.78. The number of rotatable bonds is 0. The molecule has 0 radical (unpaired) electrons. The smallest absolute Gasteiger partial charge is 0.170 e. The van der Waals surface area contributed by atoms with Crippen LogP contribution in [0.15, 0.2) is 12.2 Å². The third-order valence-electron chi connectivity index (χ3n) is 9.13. The van der Waals surface area contributed by atoms with Crippen LogP contribution in [0.1, 0.15) is 46.0 Å². The number of Topliss-reactive ketones (excluding diaryl/α,β-unsaturated/α-hetero) is 1. The van der Waals surface area contributed by atoms with E-state index in [0.29, 0.717) is 25.0 Å². The third kappa shape index (κ3) is 1.44. The molecule has 0 aromatic rings. The Morgan fingerprint density at radius 1 is 1.16 bits per heavy atom. The number of ether oxygens (including phenoxy) is 1. The average molecular weight is 348 g/mol. The first-order valence-electron chi connectivity index (χ1n) is 9.59. The first kappa shape index (κ1) is 16.4. The lowest BCUT2D eigenvalue weighted by Gasteiger charge is -2.71. The molecule has 0 aromatic heterocycles. The summed E-state index contributed by atoms with van der Waals surface area (Å²) in [5.41, 5.74) is -1.39. The van der Waals surface area contributed by atoms with Crippen LogP contribution in [-0.4, -0.2) is 45.7 Å². The number of hydrogen-bond donors (Lipinski definition) is 3. The predicted molar refractivity (Wildman–Crippen MR) is 89.3 cm³/mol. The molecule has 0 unspecified atom stereocenters. The van der Waals surface area contributed by atoms with Gasteiger partial charge in [-0.2, -0.15) is 0 Å². The lowest BCUT2D eigenvalue weighted by Crippen LogP contribution is -2.75. The van der Waals surface area contributed by atoms with Crippen LogP contribution >= 0.6 is 0 Å². The minimum absolute atomic E-state index is 0.0727. The summed E-state index contributed by atoms with van der Waals surface area (Å²) >= 11 is 0. The van der Waals surface area contributed by atoms with Gasteiger partial charge in [0.1, 0.15) is 0 Å². The van der Waals surface area contributed by atoms with Crippen LogP contribution in [0.3, 0.4) is 0 Å². The molecule has 6 aliphatic rings. The maximum Gasteiger partial charge on any atom is 0.170 e. The normalized spacial score (nSPS) is 58.8. The number of aliphatic hydroxyl groups is 3. The van der Waals surface area contributed by atoms with Crippen molar-refractivity contribution >= 4 is 5.78 Å². The molecule has 2 heterocycles. The lowest BCUT2D eigenvalue weighted by atomic mass is 9.37. The van der Waals surface area contributed by atoms with Crippen molar-refractivity contribution in [2.75, 3.05) is 6.61 Å². The Kier molecular flexibility index (Phi) is 2.88. The fraction of sp³-hybridized carbons (Fsp3) is 0.850. The van der Waals surface area contributed by atoms with Crippen molar-refractivity contribution in [3.63, 3.8) is 0 Å². The highest BCUT2D eigenvalue weighted by Crippen LogP contribution is 2.74. The molecule has 4 saturated carbocycles. The number of hydrogen-bond acceptors (Lipinski definition) is 5. The number of carbonyl (C=O) groups is 1. The Hall–Kier alpha value is -0.750. The van der Waals surface area contributed by atoms with E-state index in [0.717, 1.165) is 19.3 Å². The number of fused-ring (bicyclic) bond motifs is 3. The van der Waals surface area contributed by atoms with Gasteiger partial charge in [0.2, 0.25) is 0 Å². The SMILES string of the molecule is C=C1C(=O)[C@@]23[C@H](O)C[C@@H]4C(C)(C)[C@@]5(O)CC[C@@]4(CO5)[C@@H]2CC[C@@H]1[C@H]3O. The van der Waals surface area contributed by atoms with E-state index in [1.54, 1.807) is 0 Å². The molecule has 5 nitrogen and oxygen atoms in total. The molecule has 2 aliphatic heterocycles. The lowest BCUT2D eigenvalue weighted by molar-refractivity contribution is -0.400. The second-order valence-corrected chi connectivity index (χ2v) is 9.80. The first-order valence-corrected chi connectivity index (χ1v) is 9.59. The van der Waals surface area contributed by atoms with Crippen molar-refractivity contribution in [2.45, 2.75) is 63.9 Å². The zero-order valence-corrected chi connectivity index (χ0v) is 15.0. The van der Waals surface area contributed by atoms with E-state index < -0.39 is 28.8 Å². The third-order valence-corrected chi connectivity index (χ3v) is 9.13. The van der Waals surface area contributed by atoms with Crippen LogP contribution < -0.4 is 0 Å². The van der Waals surface area contributed by atoms with Gasteiger partial charge in [-0.05, 0) is 43.1 Å². The molecule has 25 heavy (non-hydrogen) atoms. The van der Waals surface area contributed by atoms with Gasteiger partial charge in [-0.3, -0.25) is 4.79 Å². The summed E-state index contributed by atoms with van der Waals surface area (Å²) in [6.45, 7) is 8.41. The fourth-order valence-corrected chi connectivity index (χ4v) is 7.77. The molecule has 2 spiro atoms. The summed E-state index contributed by atoms with van der Waals surface area (Å²) in [6, 6.07) is 0. The minimum Gasteiger partial charge on any atom is -0.392 e. The van der Waals surface area contributed by atoms with Crippen LogP contribution in [0.5, 0.6) is 0 Å². The summed E-state index contributed by atoms with van der Waals surface area (Å²) in [5, 5.41) is 33.2. The predicted octanol–water partition coefficient (Wildman–Crippen LogP) is 1.40. The minimum atomic E-state index is -1.16. The van der Waals surface area contributed by atoms with Crippen LogP contribution in [0.4, 0.5) is 0 Å². The van der Waals surface area contributed by atoms with Gasteiger partial charge < -0.3 is 20.1 Å². The van der Waals surface area contributed by atoms with Gasteiger partial charge in [-0.25, -0.2) is 0 Å². The average Bonchev–Trinajstić information content (AvgIpc) is 2.68. The Morgan fingerprint density at radius 2 is 1.88 bits per heavy atom. The van der Waals surface area contributed by atoms with Gasteiger partial charge in [-0.15, -0.1) is 0 Å². The second-order valence-electron chi connectivity index (χ2n) is 9.80. The molecular formula is C20H28O5. The summed E-state index contributed by atoms with van der Waals surface area (Å²) in [4.78, 5) is 13.2. The molecular weight excluding hydrogens is 320 g/mol. The summed E-state index contributed by atoms with van der Waals surface area (Å²) in [7, 11) is 0. The molecule has 0 amide bonds. The van der Waals surface area contributed by atoms with Crippen LogP contribution in [0.25, 0.3) is 0 Å². The maximum absolute atomic E-state index is 13.2. The fourth-order valence-electron chi connectivity index (χ4n) is 7.77. The Morgan fingerprint density at radius 3 is 2.52 bits per heavy atom. The monoisotopic (exact) mass is 348 g/mol. The topological polar surface area (TPSA) is 87.0 Å². The summed E-state index contributed by atoms with van der Waals surface area (Å²) in [6.07, 6.45) is 1.57. The Labute approximate surface area is 148 Å². The number of carbonyl (C=O) groups excluding carboxylic acids is 1. The Balaban J connectivity index is 1.71. The van der Waals surface area contributed by atoms with Crippen LogP contribution in [0.2, 0.25) is 0 Å². The van der Waals surface area contributed by atoms with Crippen molar-refractivity contribution in [2.24, 2.45) is 34.0 Å². The van der Waals surface area contributed by atoms with Gasteiger partial charge in [0.25, 0.3) is 0 Å². The van der Waals surface area contributed by atoms with Gasteiger partial charge in [0, 0.05) is 23.2 Å². The first-order chi connectivity index (χ1) is 11.6. The molecule has 0 aromatic carbocycles. The van der Waals surface area contributed by atoms with E-state index in [4.69, 9.17) is 4.74 Å². The number of aliphatic hydroxyl groups excluding tert-OH is 2. The largest absolute Gasteiger partial charge is 0.392 e. The van der Waals surface area contributed by atoms with Gasteiger partial charge >= 0.3 is 0 Å². The highest BCUT2D eigenvalue weighted by molar-refractivity contribution is 6.04. The highest BCUT2D eigenvalue weighted by atomic mass is 16.6. The molecule has 3 N–H and O–H groups in total. The van der Waals surface area contributed by atoms with Gasteiger partial charge in [-0.1, -0.05) is 20.4 Å². The standard InChI is InChI=1S/C20H28O5/c1-10-11-4-5-12-18-6-7-19(24,25-9-18)17(2,3)13(18)8-14(21)20(12,15(10)22)16(11)23/h11-14,16,21,23-24H,1,4-9H2,2-3H3/t11-,12-,13+,14+,16+,18+,19+,20-/m0/s1. The van der Waals surface area contributed by atoms with Crippen molar-refractivity contribution in [1.29, 1.82) is 0 Å². The molecule has 8 atom stereocenters. The zero-order valence-electron chi connectivity index (χ0n) is 15.0. The van der Waals surface area contributed by atoms with E-state index in [-0.39, 0.29) is 29.0 Å². The Bertz CT molecular complexity index is 674. The van der Waals surface area contributed by atoms with E-state index in [1.165, 1.54) is 0 Å². The van der Waals surface area contributed by atoms with E-state index >= 15 is 0 Å². The van der Waals surface area contributed by atoms with Crippen molar-refractivity contribution in [1.82, 2.24) is 0 Å². The van der Waals surface area contributed by atoms with Crippen molar-refractivity contribution in [3.05, 3.63) is 12.2 Å². The van der Waals surface area contributed by atoms with E-state index in [9.17, 15) is 20.1 Å². The summed E-state index contributed by atoms with van der Waals surface area (Å²) < 4.78 is 5.98. The maximum atomic E-state index is 13.2. The molecule has 5 heteroatoms. The van der Waals surface area contributed by atoms with Crippen LogP contribution in [0, 0.1) is 34.0 Å². The van der Waals surface area contributed by atoms with Gasteiger partial charge in [0.15, 0.2) is 11.6 Å². The molecule has 6 fully saturated rings. The molecule has 4 bridgehead atoms. The quantitative estimate of drug-likeness (QED) is 0.576. The molecule has 6 rings (SSSR count). The number of ketones is 1. The van der Waals surface area contributed by atoms with Gasteiger partial charge in [0.05, 0.1) is 24.2 Å². The van der Waals surface area contributed by atoms with Crippen molar-refractivity contribution in [3.8, 4) is 0 Å². The second kappa shape index (κ2) is 4.38. The van der Waals surface area contributed by atoms with Crippen LogP contribution in [-0.2, 0) is 9.53 Å². The summed E-state index contributed by atoms with van der Waals surface area (Å²) in [5.74, 6) is -1.55. The zero-order chi connectivity index (χ0) is 18.0. The molecule has 138 valence electrons. The molecule has 4 aliphatic carbocycles. The van der Waals surface area contributed by atoms with Crippen molar-refractivity contribution < 1.29 is 24.9 Å². The van der Waals surface area contributed by atoms with E-state index in [2.05, 4.69) is 6.58 Å².